The maximum atomic E-state index is 11.4. The van der Waals surface area contributed by atoms with Crippen LogP contribution in [0.15, 0.2) is 133 Å². The minimum atomic E-state index is -0.453. The summed E-state index contributed by atoms with van der Waals surface area (Å²) >= 11 is 0. The first kappa shape index (κ1) is 33.7. The van der Waals surface area contributed by atoms with E-state index in [1.165, 1.54) is 24.3 Å². The molecule has 9 rings (SSSR count). The molecular weight excluding hydrogens is 709 g/mol. The highest BCUT2D eigenvalue weighted by Crippen LogP contribution is 2.39. The minimum absolute atomic E-state index is 0.0501. The second-order valence-corrected chi connectivity index (χ2v) is 12.8. The smallest absolute Gasteiger partial charge is 0.269 e. The normalized spacial score (nSPS) is 11.7. The summed E-state index contributed by atoms with van der Waals surface area (Å²) in [6.45, 7) is 0. The van der Waals surface area contributed by atoms with Crippen LogP contribution in [0.1, 0.15) is 22.8 Å². The van der Waals surface area contributed by atoms with Gasteiger partial charge in [0.25, 0.3) is 11.4 Å². The van der Waals surface area contributed by atoms with Crippen LogP contribution in [-0.4, -0.2) is 29.8 Å². The lowest BCUT2D eigenvalue weighted by atomic mass is 10.0. The lowest BCUT2D eigenvalue weighted by Crippen LogP contribution is -1.92. The van der Waals surface area contributed by atoms with E-state index in [2.05, 4.69) is 9.97 Å². The Balaban J connectivity index is 1.36. The van der Waals surface area contributed by atoms with Crippen LogP contribution in [0.2, 0.25) is 0 Å². The van der Waals surface area contributed by atoms with Gasteiger partial charge in [0.05, 0.1) is 32.3 Å². The van der Waals surface area contributed by atoms with Gasteiger partial charge >= 0.3 is 0 Å². The topological polar surface area (TPSA) is 162 Å². The molecule has 2 aliphatic rings. The molecule has 7 aromatic rings. The predicted octanol–water partition coefficient (Wildman–Crippen LogP) is 11.4. The number of nitrogens with zero attached hydrogens (tertiary/aromatic N) is 4. The third kappa shape index (κ3) is 6.43. The molecule has 0 unspecified atom stereocenters. The van der Waals surface area contributed by atoms with E-state index in [4.69, 9.17) is 19.4 Å². The zero-order valence-corrected chi connectivity index (χ0v) is 29.2. The summed E-state index contributed by atoms with van der Waals surface area (Å²) in [6, 6.07) is 39.3. The van der Waals surface area contributed by atoms with Crippen LogP contribution in [0.3, 0.4) is 0 Å². The van der Waals surface area contributed by atoms with Crippen LogP contribution < -0.4 is 9.47 Å². The van der Waals surface area contributed by atoms with Crippen LogP contribution in [-0.2, 0) is 0 Å². The number of benzene rings is 4. The van der Waals surface area contributed by atoms with Crippen molar-refractivity contribution in [3.8, 4) is 45.3 Å². The van der Waals surface area contributed by atoms with Crippen molar-refractivity contribution >= 4 is 57.7 Å². The van der Waals surface area contributed by atoms with Crippen molar-refractivity contribution in [3.05, 3.63) is 176 Å². The molecule has 0 saturated carbocycles. The molecule has 2 N–H and O–H groups in total. The van der Waals surface area contributed by atoms with Crippen molar-refractivity contribution in [2.45, 2.75) is 0 Å². The molecule has 0 atom stereocenters. The molecule has 56 heavy (non-hydrogen) atoms. The first-order valence-electron chi connectivity index (χ1n) is 17.5. The third-order valence-corrected chi connectivity index (χ3v) is 9.32. The number of nitro groups is 2. The fourth-order valence-corrected chi connectivity index (χ4v) is 6.69. The summed E-state index contributed by atoms with van der Waals surface area (Å²) in [6.07, 6.45) is 7.60. The van der Waals surface area contributed by atoms with E-state index in [0.29, 0.717) is 56.8 Å². The quantitative estimate of drug-likeness (QED) is 0.115. The van der Waals surface area contributed by atoms with E-state index in [1.54, 1.807) is 24.3 Å². The van der Waals surface area contributed by atoms with Crippen LogP contribution in [0.5, 0.6) is 23.0 Å². The van der Waals surface area contributed by atoms with Gasteiger partial charge in [-0.25, -0.2) is 9.97 Å². The van der Waals surface area contributed by atoms with Gasteiger partial charge in [-0.05, 0) is 84.0 Å². The number of hydrogen-bond donors (Lipinski definition) is 2. The summed E-state index contributed by atoms with van der Waals surface area (Å²) in [7, 11) is 0. The largest absolute Gasteiger partial charge is 0.453 e. The minimum Gasteiger partial charge on any atom is -0.453 e. The average Bonchev–Trinajstić information content (AvgIpc) is 4.07. The summed E-state index contributed by atoms with van der Waals surface area (Å²) < 4.78 is 13.0. The van der Waals surface area contributed by atoms with Crippen LogP contribution >= 0.6 is 0 Å². The SMILES string of the molecule is O=[N+]([O-])c1ccc(Oc2c3nc(c(-c4ccccc4)c4ccc([nH]4)c(Oc4ccc([N+](=O)[O-])cc4)c4nc(c(-c5ccccc5)c5ccc2[nH]5)C=C4)C=C3)cc1. The van der Waals surface area contributed by atoms with Crippen molar-refractivity contribution in [1.29, 1.82) is 0 Å². The number of rotatable bonds is 8. The summed E-state index contributed by atoms with van der Waals surface area (Å²) in [5.74, 6) is 1.62. The second kappa shape index (κ2) is 14.0. The molecule has 5 heterocycles. The Morgan fingerprint density at radius 3 is 1.16 bits per heavy atom. The van der Waals surface area contributed by atoms with E-state index in [9.17, 15) is 20.2 Å². The molecular formula is C44H28N6O6. The van der Waals surface area contributed by atoms with Crippen molar-refractivity contribution in [3.63, 3.8) is 0 Å². The third-order valence-electron chi connectivity index (χ3n) is 9.32. The summed E-state index contributed by atoms with van der Waals surface area (Å²) in [5.41, 5.74) is 8.43. The summed E-state index contributed by atoms with van der Waals surface area (Å²) in [4.78, 5) is 39.3. The van der Waals surface area contributed by atoms with E-state index < -0.39 is 9.85 Å². The van der Waals surface area contributed by atoms with Crippen LogP contribution in [0.4, 0.5) is 11.4 Å². The first-order valence-corrected chi connectivity index (χ1v) is 17.5. The molecule has 12 nitrogen and oxygen atoms in total. The van der Waals surface area contributed by atoms with Crippen LogP contribution in [0.25, 0.3) is 68.6 Å². The highest BCUT2D eigenvalue weighted by Gasteiger charge is 2.20. The molecule has 8 bridgehead atoms. The van der Waals surface area contributed by atoms with E-state index in [0.717, 1.165) is 33.3 Å². The summed E-state index contributed by atoms with van der Waals surface area (Å²) in [5, 5.41) is 22.8. The number of aromatic nitrogens is 4. The van der Waals surface area contributed by atoms with Gasteiger partial charge in [0.1, 0.15) is 22.9 Å². The number of aromatic amines is 2. The second-order valence-electron chi connectivity index (χ2n) is 12.8. The fraction of sp³-hybridized carbons (Fsp3) is 0. The lowest BCUT2D eigenvalue weighted by molar-refractivity contribution is -0.385. The maximum absolute atomic E-state index is 11.4. The number of ether oxygens (including phenoxy) is 2. The standard InChI is InChI=1S/C44H28N6O6/c51-49(52)29-11-15-31(16-12-29)55-43-37-23-19-33(45-37)41(27-7-3-1-4-8-27)34-20-24-38(46-34)44(56-32-17-13-30(14-18-32)50(53)54)40-26-22-36(48-40)42(28-9-5-2-6-10-28)35-21-25-39(43)47-35/h1-26,45,48H. The monoisotopic (exact) mass is 736 g/mol. The van der Waals surface area contributed by atoms with Crippen molar-refractivity contribution < 1.29 is 19.3 Å². The van der Waals surface area contributed by atoms with Gasteiger partial charge in [0, 0.05) is 46.4 Å². The zero-order chi connectivity index (χ0) is 38.2. The van der Waals surface area contributed by atoms with Gasteiger partial charge in [-0.1, -0.05) is 60.7 Å². The van der Waals surface area contributed by atoms with Gasteiger partial charge in [-0.2, -0.15) is 0 Å². The molecule has 0 fully saturated rings. The Hall–Kier alpha value is -8.12. The van der Waals surface area contributed by atoms with Gasteiger partial charge in [0.15, 0.2) is 11.5 Å². The van der Waals surface area contributed by atoms with E-state index >= 15 is 0 Å². The number of fused-ring (bicyclic) bond motifs is 8. The van der Waals surface area contributed by atoms with Crippen LogP contribution in [0, 0.1) is 20.2 Å². The zero-order valence-electron chi connectivity index (χ0n) is 29.2. The van der Waals surface area contributed by atoms with Crippen molar-refractivity contribution in [2.75, 3.05) is 0 Å². The number of nitro benzene ring substituents is 2. The number of H-pyrrole nitrogens is 2. The Bertz CT molecular complexity index is 2700. The molecule has 4 aromatic carbocycles. The molecule has 0 radical (unpaired) electrons. The molecule has 0 spiro atoms. The lowest BCUT2D eigenvalue weighted by Gasteiger charge is -2.08. The van der Waals surface area contributed by atoms with Gasteiger partial charge < -0.3 is 19.4 Å². The Kier molecular flexibility index (Phi) is 8.44. The molecule has 12 heteroatoms. The number of nitrogens with one attached hydrogen (secondary N) is 2. The highest BCUT2D eigenvalue weighted by molar-refractivity contribution is 5.95. The molecule has 0 aliphatic carbocycles. The molecule has 2 aliphatic heterocycles. The molecule has 0 amide bonds. The number of non-ortho nitro benzene ring substituents is 2. The van der Waals surface area contributed by atoms with Crippen molar-refractivity contribution in [2.24, 2.45) is 0 Å². The maximum Gasteiger partial charge on any atom is 0.269 e. The Morgan fingerprint density at radius 2 is 0.786 bits per heavy atom. The van der Waals surface area contributed by atoms with E-state index in [1.807, 2.05) is 109 Å². The molecule has 3 aromatic heterocycles. The first-order chi connectivity index (χ1) is 27.4. The molecule has 0 saturated heterocycles. The van der Waals surface area contributed by atoms with Crippen molar-refractivity contribution in [1.82, 2.24) is 19.9 Å². The number of hydrogen-bond acceptors (Lipinski definition) is 8. The van der Waals surface area contributed by atoms with Gasteiger partial charge in [0.2, 0.25) is 0 Å². The molecule has 270 valence electrons. The van der Waals surface area contributed by atoms with E-state index in [-0.39, 0.29) is 11.4 Å². The Morgan fingerprint density at radius 1 is 0.429 bits per heavy atom. The predicted molar refractivity (Wildman–Crippen MR) is 216 cm³/mol. The highest BCUT2D eigenvalue weighted by atomic mass is 16.6. The van der Waals surface area contributed by atoms with Gasteiger partial charge in [-0.3, -0.25) is 20.2 Å². The fourth-order valence-electron chi connectivity index (χ4n) is 6.69. The Labute approximate surface area is 318 Å². The average molecular weight is 737 g/mol. The van der Waals surface area contributed by atoms with Gasteiger partial charge in [-0.15, -0.1) is 0 Å².